The molecule has 1 aliphatic rings. The third-order valence-corrected chi connectivity index (χ3v) is 6.88. The predicted molar refractivity (Wildman–Crippen MR) is 158 cm³/mol. The van der Waals surface area contributed by atoms with E-state index in [1.165, 1.54) is 22.3 Å². The Morgan fingerprint density at radius 3 is 0.881 bits per heavy atom. The van der Waals surface area contributed by atoms with Crippen LogP contribution in [-0.4, -0.2) is 22.9 Å². The van der Waals surface area contributed by atoms with Gasteiger partial charge >= 0.3 is 0 Å². The summed E-state index contributed by atoms with van der Waals surface area (Å²) in [6.45, 7) is 4.21. The number of hydrogen-bond donors (Lipinski definition) is 2. The second-order valence-corrected chi connectivity index (χ2v) is 9.85. The van der Waals surface area contributed by atoms with E-state index in [1.807, 2.05) is 0 Å². The van der Waals surface area contributed by atoms with E-state index in [0.717, 1.165) is 26.2 Å². The summed E-state index contributed by atoms with van der Waals surface area (Å²) in [4.78, 5) is 20.4. The van der Waals surface area contributed by atoms with Crippen molar-refractivity contribution in [1.29, 1.82) is 0 Å². The number of benzene rings is 4. The fourth-order valence-electron chi connectivity index (χ4n) is 4.29. The first-order valence-electron chi connectivity index (χ1n) is 13.7. The van der Waals surface area contributed by atoms with Crippen molar-refractivity contribution in [1.82, 2.24) is 0 Å². The molecule has 1 aliphatic carbocycles. The van der Waals surface area contributed by atoms with Gasteiger partial charge in [0.15, 0.2) is 0 Å². The van der Waals surface area contributed by atoms with E-state index in [0.29, 0.717) is 6.42 Å². The highest BCUT2D eigenvalue weighted by molar-refractivity contribution is 5.97. The standard InChI is InChI=1S/2C14H15N.C6H8O4.2H2O/c2*1-3-7-13(8-4-1)11-15-12-14-9-5-2-6-10-14;7-4(8)6(5(9)10)2-1-3-6;;/h2*1-10,15H,11-12H2;1-3H2,(H,7,8)(H,9,10);2*1H2. The van der Waals surface area contributed by atoms with E-state index in [-0.39, 0.29) is 23.8 Å². The molecule has 0 atom stereocenters. The van der Waals surface area contributed by atoms with Crippen LogP contribution in [0, 0.1) is 5.41 Å². The van der Waals surface area contributed by atoms with Crippen LogP contribution in [-0.2, 0) is 35.8 Å². The number of rotatable bonds is 10. The van der Waals surface area contributed by atoms with E-state index >= 15 is 0 Å². The average molecular weight is 575 g/mol. The molecular formula is C34H42N2O6. The third kappa shape index (κ3) is 12.0. The Morgan fingerprint density at radius 2 is 0.738 bits per heavy atom. The third-order valence-electron chi connectivity index (χ3n) is 6.88. The molecule has 1 saturated carbocycles. The molecule has 4 aromatic rings. The maximum absolute atomic E-state index is 10.2. The minimum Gasteiger partial charge on any atom is -0.549 e. The number of carbonyl (C=O) groups excluding carboxylic acids is 2. The van der Waals surface area contributed by atoms with Crippen molar-refractivity contribution in [3.8, 4) is 0 Å². The lowest BCUT2D eigenvalue weighted by molar-refractivity contribution is -0.686. The fourth-order valence-corrected chi connectivity index (χ4v) is 4.29. The number of carboxylic acids is 2. The summed E-state index contributed by atoms with van der Waals surface area (Å²) in [5.74, 6) is -3.03. The molecule has 4 aromatic carbocycles. The van der Waals surface area contributed by atoms with Crippen LogP contribution >= 0.6 is 0 Å². The first kappa shape index (κ1) is 35.7. The van der Waals surface area contributed by atoms with E-state index in [1.54, 1.807) is 0 Å². The van der Waals surface area contributed by atoms with Gasteiger partial charge in [0.2, 0.25) is 0 Å². The molecular weight excluding hydrogens is 532 g/mol. The first-order valence-corrected chi connectivity index (χ1v) is 13.7. The number of quaternary nitrogens is 2. The van der Waals surface area contributed by atoms with E-state index in [9.17, 15) is 19.8 Å². The largest absolute Gasteiger partial charge is 0.549 e. The van der Waals surface area contributed by atoms with Crippen molar-refractivity contribution in [3.05, 3.63) is 144 Å². The van der Waals surface area contributed by atoms with Gasteiger partial charge in [0.25, 0.3) is 0 Å². The Hall–Kier alpha value is -4.34. The molecule has 0 spiro atoms. The molecule has 5 rings (SSSR count). The van der Waals surface area contributed by atoms with Gasteiger partial charge < -0.3 is 41.4 Å². The Balaban J connectivity index is 0.000000315. The summed E-state index contributed by atoms with van der Waals surface area (Å²) in [5.41, 5.74) is 3.86. The van der Waals surface area contributed by atoms with E-state index in [2.05, 4.69) is 132 Å². The lowest BCUT2D eigenvalue weighted by Gasteiger charge is -2.43. The van der Waals surface area contributed by atoms with Crippen molar-refractivity contribution in [2.24, 2.45) is 5.41 Å². The molecule has 8 heteroatoms. The molecule has 224 valence electrons. The van der Waals surface area contributed by atoms with Gasteiger partial charge in [-0.1, -0.05) is 128 Å². The smallest absolute Gasteiger partial charge is 0.101 e. The number of carboxylic acid groups (broad SMARTS) is 2. The molecule has 0 saturated heterocycles. The Bertz CT molecular complexity index is 1090. The predicted octanol–water partition coefficient (Wildman–Crippen LogP) is -0.0925. The van der Waals surface area contributed by atoms with Gasteiger partial charge in [-0.05, 0) is 12.8 Å². The van der Waals surface area contributed by atoms with Crippen LogP contribution < -0.4 is 20.8 Å². The van der Waals surface area contributed by atoms with Crippen LogP contribution in [0.4, 0.5) is 0 Å². The Morgan fingerprint density at radius 1 is 0.500 bits per heavy atom. The van der Waals surface area contributed by atoms with Crippen molar-refractivity contribution in [2.45, 2.75) is 45.4 Å². The van der Waals surface area contributed by atoms with Crippen LogP contribution in [0.3, 0.4) is 0 Å². The molecule has 0 heterocycles. The fraction of sp³-hybridized carbons (Fsp3) is 0.235. The SMILES string of the molecule is O.O.O=C([O-])C1(C(=O)[O-])CCC1.c1ccc(C[NH2+]Cc2ccccc2)cc1.c1ccc(C[NH2+]Cc2ccccc2)cc1. The Kier molecular flexibility index (Phi) is 16.7. The molecule has 0 amide bonds. The van der Waals surface area contributed by atoms with Gasteiger partial charge in [-0.2, -0.15) is 0 Å². The van der Waals surface area contributed by atoms with Crippen molar-refractivity contribution >= 4 is 11.9 Å². The lowest BCUT2D eigenvalue weighted by atomic mass is 9.69. The summed E-state index contributed by atoms with van der Waals surface area (Å²) in [7, 11) is 0. The maximum Gasteiger partial charge on any atom is 0.101 e. The topological polar surface area (TPSA) is 176 Å². The van der Waals surface area contributed by atoms with Gasteiger partial charge in [0.05, 0.1) is 11.9 Å². The van der Waals surface area contributed by atoms with Crippen LogP contribution in [0.5, 0.6) is 0 Å². The van der Waals surface area contributed by atoms with Crippen molar-refractivity contribution in [3.63, 3.8) is 0 Å². The van der Waals surface area contributed by atoms with E-state index < -0.39 is 17.4 Å². The first-order chi connectivity index (χ1) is 19.5. The number of hydrogen-bond acceptors (Lipinski definition) is 4. The minimum absolute atomic E-state index is 0. The highest BCUT2D eigenvalue weighted by Crippen LogP contribution is 2.39. The van der Waals surface area contributed by atoms with Gasteiger partial charge in [0, 0.05) is 27.7 Å². The van der Waals surface area contributed by atoms with Gasteiger partial charge in [0.1, 0.15) is 26.2 Å². The average Bonchev–Trinajstić information content (AvgIpc) is 2.95. The highest BCUT2D eigenvalue weighted by atomic mass is 16.4. The molecule has 0 aromatic heterocycles. The van der Waals surface area contributed by atoms with Crippen LogP contribution in [0.25, 0.3) is 0 Å². The molecule has 1 fully saturated rings. The second-order valence-electron chi connectivity index (χ2n) is 9.85. The lowest BCUT2D eigenvalue weighted by Crippen LogP contribution is -2.80. The van der Waals surface area contributed by atoms with Gasteiger partial charge in [-0.15, -0.1) is 0 Å². The van der Waals surface area contributed by atoms with E-state index in [4.69, 9.17) is 0 Å². The Labute approximate surface area is 247 Å². The van der Waals surface area contributed by atoms with Crippen LogP contribution in [0.15, 0.2) is 121 Å². The number of aliphatic carboxylic acids is 2. The molecule has 0 radical (unpaired) electrons. The van der Waals surface area contributed by atoms with Gasteiger partial charge in [-0.3, -0.25) is 0 Å². The minimum atomic E-state index is -1.67. The molecule has 8 nitrogen and oxygen atoms in total. The number of carbonyl (C=O) groups is 2. The number of nitrogens with two attached hydrogens (primary N) is 2. The zero-order chi connectivity index (χ0) is 28.5. The zero-order valence-electron chi connectivity index (χ0n) is 23.8. The van der Waals surface area contributed by atoms with Crippen molar-refractivity contribution < 1.29 is 41.4 Å². The molecule has 0 unspecified atom stereocenters. The normalized spacial score (nSPS) is 12.3. The monoisotopic (exact) mass is 574 g/mol. The van der Waals surface area contributed by atoms with Crippen molar-refractivity contribution in [2.75, 3.05) is 0 Å². The molecule has 0 bridgehead atoms. The summed E-state index contributed by atoms with van der Waals surface area (Å²) in [6.07, 6.45) is 0.928. The maximum atomic E-state index is 10.2. The molecule has 42 heavy (non-hydrogen) atoms. The van der Waals surface area contributed by atoms with Crippen LogP contribution in [0.1, 0.15) is 41.5 Å². The molecule has 0 aliphatic heterocycles. The summed E-state index contributed by atoms with van der Waals surface area (Å²) in [6, 6.07) is 42.3. The van der Waals surface area contributed by atoms with Gasteiger partial charge in [-0.25, -0.2) is 0 Å². The highest BCUT2D eigenvalue weighted by Gasteiger charge is 2.39. The summed E-state index contributed by atoms with van der Waals surface area (Å²) in [5, 5.41) is 25.1. The molecule has 8 N–H and O–H groups in total. The summed E-state index contributed by atoms with van der Waals surface area (Å²) >= 11 is 0. The van der Waals surface area contributed by atoms with Crippen LogP contribution in [0.2, 0.25) is 0 Å². The zero-order valence-corrected chi connectivity index (χ0v) is 23.8. The second kappa shape index (κ2) is 19.7. The quantitative estimate of drug-likeness (QED) is 0.252. The summed E-state index contributed by atoms with van der Waals surface area (Å²) < 4.78 is 0.